The summed E-state index contributed by atoms with van der Waals surface area (Å²) in [5, 5.41) is 16.3. The van der Waals surface area contributed by atoms with Gasteiger partial charge in [-0.05, 0) is 38.7 Å². The topological polar surface area (TPSA) is 74.2 Å². The highest BCUT2D eigenvalue weighted by Crippen LogP contribution is 2.23. The zero-order valence-corrected chi connectivity index (χ0v) is 14.3. The molecule has 2 atom stereocenters. The van der Waals surface area contributed by atoms with E-state index in [1.54, 1.807) is 0 Å². The Kier molecular flexibility index (Phi) is 7.38. The minimum Gasteiger partial charge on any atom is -0.387 e. The number of β-amino-alcohol motifs (C(OH)–C–C–N with tert-alkyl or cyclic N) is 1. The van der Waals surface area contributed by atoms with E-state index in [2.05, 4.69) is 29.5 Å². The molecule has 0 spiro atoms. The average molecular weight is 346 g/mol. The van der Waals surface area contributed by atoms with Gasteiger partial charge < -0.3 is 15.7 Å². The van der Waals surface area contributed by atoms with Crippen LogP contribution in [0.2, 0.25) is 0 Å². The zero-order chi connectivity index (χ0) is 16.2. The van der Waals surface area contributed by atoms with Gasteiger partial charge in [0.05, 0.1) is 12.3 Å². The maximum Gasteiger partial charge on any atom is 0.220 e. The Bertz CT molecular complexity index is 518. The molecular weight excluding hydrogens is 321 g/mol. The lowest BCUT2D eigenvalue weighted by Gasteiger charge is -2.33. The molecule has 0 unspecified atom stereocenters. The number of piperidine rings is 1. The third-order valence-electron chi connectivity index (χ3n) is 4.05. The first-order valence-corrected chi connectivity index (χ1v) is 7.66. The predicted molar refractivity (Wildman–Crippen MR) is 88.8 cm³/mol. The summed E-state index contributed by atoms with van der Waals surface area (Å²) in [5.41, 5.74) is 0.294. The van der Waals surface area contributed by atoms with Crippen molar-refractivity contribution < 1.29 is 14.3 Å². The van der Waals surface area contributed by atoms with Crippen molar-refractivity contribution in [3.05, 3.63) is 29.8 Å². The van der Waals surface area contributed by atoms with Gasteiger partial charge in [0, 0.05) is 36.8 Å². The van der Waals surface area contributed by atoms with Crippen molar-refractivity contribution in [1.82, 2.24) is 15.6 Å². The number of rotatable bonds is 6. The second-order valence-electron chi connectivity index (χ2n) is 6.63. The molecular formula is C16H25ClFN3O2. The molecule has 130 valence electrons. The average Bonchev–Trinajstić information content (AvgIpc) is 2.47. The highest BCUT2D eigenvalue weighted by Gasteiger charge is 2.26. The number of aromatic nitrogens is 1. The number of halogens is 2. The van der Waals surface area contributed by atoms with Crippen LogP contribution in [0.15, 0.2) is 18.5 Å². The van der Waals surface area contributed by atoms with Crippen LogP contribution in [0.5, 0.6) is 0 Å². The van der Waals surface area contributed by atoms with Crippen molar-refractivity contribution in [2.24, 2.45) is 5.92 Å². The molecule has 2 heterocycles. The number of aliphatic hydroxyl groups is 1. The monoisotopic (exact) mass is 345 g/mol. The molecule has 23 heavy (non-hydrogen) atoms. The molecule has 1 aliphatic rings. The highest BCUT2D eigenvalue weighted by molar-refractivity contribution is 5.85. The molecule has 1 aromatic heterocycles. The van der Waals surface area contributed by atoms with Crippen molar-refractivity contribution in [3.63, 3.8) is 0 Å². The fourth-order valence-corrected chi connectivity index (χ4v) is 2.85. The lowest BCUT2D eigenvalue weighted by Crippen LogP contribution is -2.46. The number of amides is 1. The Balaban J connectivity index is 0.00000264. The SMILES string of the molecule is CC(C)(C[C@@H]1CCC(=O)NC1)NC[C@H](O)c1cncc(F)c1.Cl. The molecule has 0 saturated carbocycles. The van der Waals surface area contributed by atoms with Crippen LogP contribution in [0, 0.1) is 11.7 Å². The number of pyridine rings is 1. The quantitative estimate of drug-likeness (QED) is 0.737. The Morgan fingerprint density at radius 2 is 2.26 bits per heavy atom. The van der Waals surface area contributed by atoms with Crippen LogP contribution >= 0.6 is 12.4 Å². The van der Waals surface area contributed by atoms with Crippen molar-refractivity contribution >= 4 is 18.3 Å². The maximum atomic E-state index is 13.1. The van der Waals surface area contributed by atoms with Crippen molar-refractivity contribution in [2.75, 3.05) is 13.1 Å². The molecule has 1 fully saturated rings. The standard InChI is InChI=1S/C16H24FN3O2.ClH/c1-16(2,6-11-3-4-15(22)19-7-11)20-10-14(21)12-5-13(17)9-18-8-12;/h5,8-9,11,14,20-21H,3-4,6-7,10H2,1-2H3,(H,19,22);1H/t11-,14-;/m0./s1. The smallest absolute Gasteiger partial charge is 0.220 e. The van der Waals surface area contributed by atoms with E-state index < -0.39 is 11.9 Å². The fraction of sp³-hybridized carbons (Fsp3) is 0.625. The Labute approximate surface area is 142 Å². The number of aliphatic hydroxyl groups excluding tert-OH is 1. The minimum absolute atomic E-state index is 0. The van der Waals surface area contributed by atoms with Gasteiger partial charge in [-0.1, -0.05) is 0 Å². The van der Waals surface area contributed by atoms with E-state index in [4.69, 9.17) is 0 Å². The number of carbonyl (C=O) groups is 1. The van der Waals surface area contributed by atoms with Gasteiger partial charge >= 0.3 is 0 Å². The van der Waals surface area contributed by atoms with Gasteiger partial charge in [0.25, 0.3) is 0 Å². The lowest BCUT2D eigenvalue weighted by atomic mass is 9.85. The number of nitrogens with one attached hydrogen (secondary N) is 2. The molecule has 0 aliphatic carbocycles. The summed E-state index contributed by atoms with van der Waals surface area (Å²) in [5.74, 6) is 0.109. The molecule has 1 amide bonds. The van der Waals surface area contributed by atoms with Gasteiger partial charge in [-0.2, -0.15) is 0 Å². The molecule has 1 aliphatic heterocycles. The van der Waals surface area contributed by atoms with Crippen molar-refractivity contribution in [3.8, 4) is 0 Å². The van der Waals surface area contributed by atoms with Crippen LogP contribution in [-0.4, -0.2) is 34.6 Å². The predicted octanol–water partition coefficient (Wildman–Crippen LogP) is 1.96. The summed E-state index contributed by atoms with van der Waals surface area (Å²) in [6.07, 6.45) is 4.17. The van der Waals surface area contributed by atoms with Crippen LogP contribution in [0.1, 0.15) is 44.8 Å². The van der Waals surface area contributed by atoms with E-state index in [0.717, 1.165) is 19.0 Å². The lowest BCUT2D eigenvalue weighted by molar-refractivity contribution is -0.123. The molecule has 1 aromatic rings. The number of nitrogens with zero attached hydrogens (tertiary/aromatic N) is 1. The summed E-state index contributed by atoms with van der Waals surface area (Å²) in [6, 6.07) is 1.29. The highest BCUT2D eigenvalue weighted by atomic mass is 35.5. The summed E-state index contributed by atoms with van der Waals surface area (Å²) < 4.78 is 13.1. The van der Waals surface area contributed by atoms with Gasteiger partial charge in [0.2, 0.25) is 5.91 Å². The summed E-state index contributed by atoms with van der Waals surface area (Å²) in [6.45, 7) is 5.18. The second-order valence-corrected chi connectivity index (χ2v) is 6.63. The van der Waals surface area contributed by atoms with Gasteiger partial charge in [-0.25, -0.2) is 4.39 Å². The van der Waals surface area contributed by atoms with Crippen LogP contribution in [0.25, 0.3) is 0 Å². The first-order chi connectivity index (χ1) is 10.4. The fourth-order valence-electron chi connectivity index (χ4n) is 2.85. The molecule has 0 aromatic carbocycles. The molecule has 0 bridgehead atoms. The summed E-state index contributed by atoms with van der Waals surface area (Å²) in [4.78, 5) is 14.9. The maximum absolute atomic E-state index is 13.1. The summed E-state index contributed by atoms with van der Waals surface area (Å²) in [7, 11) is 0. The van der Waals surface area contributed by atoms with Crippen molar-refractivity contribution in [2.45, 2.75) is 44.8 Å². The third-order valence-corrected chi connectivity index (χ3v) is 4.05. The van der Waals surface area contributed by atoms with E-state index in [1.165, 1.54) is 12.3 Å². The Morgan fingerprint density at radius 1 is 1.52 bits per heavy atom. The molecule has 1 saturated heterocycles. The number of hydrogen-bond acceptors (Lipinski definition) is 4. The first-order valence-electron chi connectivity index (χ1n) is 7.66. The van der Waals surface area contributed by atoms with Crippen LogP contribution < -0.4 is 10.6 Å². The first kappa shape index (κ1) is 19.8. The van der Waals surface area contributed by atoms with Gasteiger partial charge in [-0.3, -0.25) is 9.78 Å². The van der Waals surface area contributed by atoms with Crippen LogP contribution in [-0.2, 0) is 4.79 Å². The van der Waals surface area contributed by atoms with Gasteiger partial charge in [-0.15, -0.1) is 12.4 Å². The van der Waals surface area contributed by atoms with Crippen molar-refractivity contribution in [1.29, 1.82) is 0 Å². The van der Waals surface area contributed by atoms with E-state index >= 15 is 0 Å². The third kappa shape index (κ3) is 6.41. The van der Waals surface area contributed by atoms with E-state index in [0.29, 0.717) is 31.0 Å². The minimum atomic E-state index is -0.798. The largest absolute Gasteiger partial charge is 0.387 e. The van der Waals surface area contributed by atoms with Gasteiger partial charge in [0.1, 0.15) is 5.82 Å². The van der Waals surface area contributed by atoms with E-state index in [-0.39, 0.29) is 23.9 Å². The van der Waals surface area contributed by atoms with Crippen LogP contribution in [0.4, 0.5) is 4.39 Å². The zero-order valence-electron chi connectivity index (χ0n) is 13.5. The molecule has 5 nitrogen and oxygen atoms in total. The van der Waals surface area contributed by atoms with E-state index in [9.17, 15) is 14.3 Å². The second kappa shape index (κ2) is 8.57. The summed E-state index contributed by atoms with van der Waals surface area (Å²) >= 11 is 0. The molecule has 2 rings (SSSR count). The number of hydrogen-bond donors (Lipinski definition) is 3. The Hall–Kier alpha value is -1.24. The van der Waals surface area contributed by atoms with Gasteiger partial charge in [0.15, 0.2) is 0 Å². The van der Waals surface area contributed by atoms with E-state index in [1.807, 2.05) is 0 Å². The van der Waals surface area contributed by atoms with Crippen LogP contribution in [0.3, 0.4) is 0 Å². The Morgan fingerprint density at radius 3 is 2.87 bits per heavy atom. The number of carbonyl (C=O) groups excluding carboxylic acids is 1. The molecule has 7 heteroatoms. The normalized spacial score (nSPS) is 19.7. The molecule has 3 N–H and O–H groups in total. The molecule has 0 radical (unpaired) electrons.